The minimum atomic E-state index is -2.30. The predicted molar refractivity (Wildman–Crippen MR) is 142 cm³/mol. The van der Waals surface area contributed by atoms with Gasteiger partial charge >= 0.3 is 6.16 Å². The highest BCUT2D eigenvalue weighted by Crippen LogP contribution is 2.72. The van der Waals surface area contributed by atoms with Crippen LogP contribution >= 0.6 is 0 Å². The van der Waals surface area contributed by atoms with E-state index in [-0.39, 0.29) is 31.4 Å². The Balaban J connectivity index is 1.43. The lowest BCUT2D eigenvalue weighted by atomic mass is 9.44. The molecule has 0 unspecified atom stereocenters. The van der Waals surface area contributed by atoms with E-state index in [1.807, 2.05) is 0 Å². The molecule has 1 saturated heterocycles. The second-order valence-electron chi connectivity index (χ2n) is 13.1. The SMILES string of the molecule is CC1(C)O[C@@H]2C[C@H]3[C@@H]4C[C@H](F)C5=CC(=O)C=C[C@]5(C)[C@@]4(F)[C@@H](O)C[C@]3(C)[C@]2(C(=O)COC(=O)OCCCCCN)O1. The Kier molecular flexibility index (Phi) is 7.53. The maximum atomic E-state index is 17.5. The van der Waals surface area contributed by atoms with Crippen molar-refractivity contribution in [1.82, 2.24) is 0 Å². The van der Waals surface area contributed by atoms with Crippen LogP contribution in [0.5, 0.6) is 0 Å². The first-order valence-corrected chi connectivity index (χ1v) is 14.5. The average Bonchev–Trinajstić information content (AvgIpc) is 3.31. The molecule has 0 amide bonds. The van der Waals surface area contributed by atoms with Crippen LogP contribution in [-0.2, 0) is 28.5 Å². The molecule has 1 heterocycles. The number of carbonyl (C=O) groups is 3. The number of ether oxygens (including phenoxy) is 4. The van der Waals surface area contributed by atoms with E-state index in [1.165, 1.54) is 19.1 Å². The minimum absolute atomic E-state index is 0.0268. The summed E-state index contributed by atoms with van der Waals surface area (Å²) in [6, 6.07) is 0. The lowest BCUT2D eigenvalue weighted by molar-refractivity contribution is -0.249. The van der Waals surface area contributed by atoms with Gasteiger partial charge in [-0.05, 0) is 89.5 Å². The number of ketones is 2. The first-order chi connectivity index (χ1) is 19.2. The van der Waals surface area contributed by atoms with Gasteiger partial charge in [-0.2, -0.15) is 0 Å². The van der Waals surface area contributed by atoms with Gasteiger partial charge in [0.1, 0.15) is 6.17 Å². The summed E-state index contributed by atoms with van der Waals surface area (Å²) in [5.74, 6) is -3.81. The molecule has 41 heavy (non-hydrogen) atoms. The zero-order chi connectivity index (χ0) is 30.0. The largest absolute Gasteiger partial charge is 0.508 e. The number of fused-ring (bicyclic) bond motifs is 7. The van der Waals surface area contributed by atoms with Crippen molar-refractivity contribution in [3.63, 3.8) is 0 Å². The van der Waals surface area contributed by atoms with Crippen LogP contribution in [-0.4, -0.2) is 78.0 Å². The number of Topliss-reactive ketones (excluding diaryl/α,β-unsaturated/α-hetero) is 1. The molecule has 0 aromatic rings. The normalized spacial score (nSPS) is 43.9. The summed E-state index contributed by atoms with van der Waals surface area (Å²) in [4.78, 5) is 38.3. The number of carbonyl (C=O) groups excluding carboxylic acids is 3. The summed E-state index contributed by atoms with van der Waals surface area (Å²) in [6.45, 7) is 6.59. The van der Waals surface area contributed by atoms with Crippen LogP contribution in [0.15, 0.2) is 23.8 Å². The van der Waals surface area contributed by atoms with E-state index < -0.39 is 82.4 Å². The van der Waals surface area contributed by atoms with E-state index in [1.54, 1.807) is 20.8 Å². The summed E-state index contributed by atoms with van der Waals surface area (Å²) < 4.78 is 56.0. The lowest BCUT2D eigenvalue weighted by Gasteiger charge is -2.63. The second-order valence-corrected chi connectivity index (χ2v) is 13.1. The third-order valence-corrected chi connectivity index (χ3v) is 10.4. The van der Waals surface area contributed by atoms with Gasteiger partial charge in [0.25, 0.3) is 0 Å². The number of nitrogens with two attached hydrogens (primary N) is 1. The molecule has 3 N–H and O–H groups in total. The number of hydrogen-bond donors (Lipinski definition) is 2. The molecule has 0 aromatic heterocycles. The maximum absolute atomic E-state index is 17.5. The van der Waals surface area contributed by atoms with Gasteiger partial charge in [-0.15, -0.1) is 0 Å². The van der Waals surface area contributed by atoms with Crippen molar-refractivity contribution in [3.8, 4) is 0 Å². The number of alkyl halides is 2. The summed E-state index contributed by atoms with van der Waals surface area (Å²) in [7, 11) is 0. The molecule has 4 fully saturated rings. The van der Waals surface area contributed by atoms with Crippen LogP contribution in [0.1, 0.15) is 66.2 Å². The Morgan fingerprint density at radius 2 is 1.85 bits per heavy atom. The molecule has 228 valence electrons. The molecule has 3 saturated carbocycles. The van der Waals surface area contributed by atoms with E-state index in [0.29, 0.717) is 13.0 Å². The number of rotatable bonds is 8. The fraction of sp³-hybridized carbons (Fsp3) is 0.767. The number of halogens is 2. The lowest BCUT2D eigenvalue weighted by Crippen LogP contribution is -2.71. The topological polar surface area (TPSA) is 134 Å². The van der Waals surface area contributed by atoms with Crippen LogP contribution in [0.25, 0.3) is 0 Å². The number of unbranched alkanes of at least 4 members (excludes halogenated alkanes) is 2. The fourth-order valence-corrected chi connectivity index (χ4v) is 8.65. The highest BCUT2D eigenvalue weighted by atomic mass is 19.1. The predicted octanol–water partition coefficient (Wildman–Crippen LogP) is 3.66. The summed E-state index contributed by atoms with van der Waals surface area (Å²) in [6.07, 6.45) is 0.622. The summed E-state index contributed by atoms with van der Waals surface area (Å²) >= 11 is 0. The Labute approximate surface area is 238 Å². The van der Waals surface area contributed by atoms with Crippen molar-refractivity contribution in [2.45, 2.75) is 102 Å². The number of aliphatic hydroxyl groups is 1. The Bertz CT molecular complexity index is 1170. The highest BCUT2D eigenvalue weighted by Gasteiger charge is 2.80. The van der Waals surface area contributed by atoms with Crippen molar-refractivity contribution >= 4 is 17.7 Å². The van der Waals surface area contributed by atoms with Crippen LogP contribution in [0.2, 0.25) is 0 Å². The van der Waals surface area contributed by atoms with Crippen molar-refractivity contribution < 1.29 is 47.2 Å². The van der Waals surface area contributed by atoms with Crippen molar-refractivity contribution in [2.24, 2.45) is 28.4 Å². The van der Waals surface area contributed by atoms with E-state index in [9.17, 15) is 19.5 Å². The van der Waals surface area contributed by atoms with Gasteiger partial charge in [-0.25, -0.2) is 13.6 Å². The van der Waals surface area contributed by atoms with Crippen LogP contribution < -0.4 is 5.73 Å². The molecule has 0 bridgehead atoms. The molecule has 5 aliphatic rings. The summed E-state index contributed by atoms with van der Waals surface area (Å²) in [5, 5.41) is 11.6. The third-order valence-electron chi connectivity index (χ3n) is 10.4. The number of aliphatic hydroxyl groups excluding tert-OH is 1. The van der Waals surface area contributed by atoms with Gasteiger partial charge in [0.2, 0.25) is 5.78 Å². The van der Waals surface area contributed by atoms with E-state index in [4.69, 9.17) is 24.7 Å². The van der Waals surface area contributed by atoms with Crippen molar-refractivity contribution in [2.75, 3.05) is 19.8 Å². The molecule has 5 rings (SSSR count). The van der Waals surface area contributed by atoms with Crippen LogP contribution in [0, 0.1) is 22.7 Å². The van der Waals surface area contributed by atoms with Crippen LogP contribution in [0.4, 0.5) is 13.6 Å². The number of hydrogen-bond acceptors (Lipinski definition) is 9. The minimum Gasteiger partial charge on any atom is -0.434 e. The zero-order valence-electron chi connectivity index (χ0n) is 24.1. The van der Waals surface area contributed by atoms with E-state index in [2.05, 4.69) is 0 Å². The second kappa shape index (κ2) is 10.2. The van der Waals surface area contributed by atoms with Crippen molar-refractivity contribution in [1.29, 1.82) is 0 Å². The molecule has 9 nitrogen and oxygen atoms in total. The quantitative estimate of drug-likeness (QED) is 0.325. The van der Waals surface area contributed by atoms with Gasteiger partial charge in [0.15, 0.2) is 29.4 Å². The van der Waals surface area contributed by atoms with Gasteiger partial charge in [-0.3, -0.25) is 9.59 Å². The molecule has 0 radical (unpaired) electrons. The molecule has 1 aliphatic heterocycles. The molecule has 0 aromatic carbocycles. The molecular formula is C30H41F2NO8. The Hall–Kier alpha value is -2.21. The van der Waals surface area contributed by atoms with Gasteiger partial charge in [0, 0.05) is 16.7 Å². The fourth-order valence-electron chi connectivity index (χ4n) is 8.65. The van der Waals surface area contributed by atoms with Crippen LogP contribution in [0.3, 0.4) is 0 Å². The number of allylic oxidation sites excluding steroid dienone is 4. The van der Waals surface area contributed by atoms with E-state index in [0.717, 1.165) is 18.9 Å². The molecule has 11 heteroatoms. The Morgan fingerprint density at radius 1 is 1.12 bits per heavy atom. The van der Waals surface area contributed by atoms with E-state index >= 15 is 8.78 Å². The standard InChI is InChI=1S/C30H41F2NO8/c1-26(2)40-24-14-18-19-13-21(31)20-12-17(34)8-9-27(20,3)29(19,32)22(35)15-28(18,4)30(24,41-26)23(36)16-39-25(37)38-11-7-5-6-10-33/h8-9,12,18-19,21-22,24,35H,5-7,10-11,13-16,33H2,1-4H3/t18-,19-,21-,22-,24+,27-,28-,29-,30+/m0/s1. The molecule has 9 atom stereocenters. The molecule has 0 spiro atoms. The van der Waals surface area contributed by atoms with Gasteiger partial charge < -0.3 is 29.8 Å². The monoisotopic (exact) mass is 581 g/mol. The first-order valence-electron chi connectivity index (χ1n) is 14.5. The molecule has 4 aliphatic carbocycles. The highest BCUT2D eigenvalue weighted by molar-refractivity contribution is 6.01. The average molecular weight is 582 g/mol. The Morgan fingerprint density at radius 3 is 2.56 bits per heavy atom. The smallest absolute Gasteiger partial charge is 0.434 e. The maximum Gasteiger partial charge on any atom is 0.508 e. The molecular weight excluding hydrogens is 540 g/mol. The van der Waals surface area contributed by atoms with Gasteiger partial charge in [0.05, 0.1) is 18.8 Å². The first kappa shape index (κ1) is 30.3. The van der Waals surface area contributed by atoms with Crippen molar-refractivity contribution in [3.05, 3.63) is 23.8 Å². The van der Waals surface area contributed by atoms with Gasteiger partial charge in [-0.1, -0.05) is 13.0 Å². The third kappa shape index (κ3) is 4.33. The zero-order valence-corrected chi connectivity index (χ0v) is 24.1. The summed E-state index contributed by atoms with van der Waals surface area (Å²) in [5.41, 5.74) is -1.21.